The predicted octanol–water partition coefficient (Wildman–Crippen LogP) is 3.79. The minimum Gasteiger partial charge on any atom is -0.255 e. The van der Waals surface area contributed by atoms with Crippen molar-refractivity contribution >= 4 is 23.8 Å². The zero-order valence-corrected chi connectivity index (χ0v) is 8.82. The molecule has 0 N–H and O–H groups in total. The number of nitrogens with zero attached hydrogens (tertiary/aromatic N) is 2. The second-order valence-corrected chi connectivity index (χ2v) is 3.23. The summed E-state index contributed by atoms with van der Waals surface area (Å²) >= 11 is 0. The molecule has 16 heavy (non-hydrogen) atoms. The summed E-state index contributed by atoms with van der Waals surface area (Å²) in [4.78, 5) is 8.49. The van der Waals surface area contributed by atoms with Gasteiger partial charge in [-0.2, -0.15) is 0 Å². The molecule has 2 heteroatoms. The third kappa shape index (κ3) is 3.17. The van der Waals surface area contributed by atoms with Crippen molar-refractivity contribution < 1.29 is 0 Å². The van der Waals surface area contributed by atoms with Crippen LogP contribution < -0.4 is 0 Å². The van der Waals surface area contributed by atoms with Gasteiger partial charge in [0, 0.05) is 12.4 Å². The summed E-state index contributed by atoms with van der Waals surface area (Å²) in [5.74, 6) is 0. The monoisotopic (exact) mass is 208 g/mol. The molecule has 0 spiro atoms. The molecule has 2 rings (SSSR count). The lowest BCUT2D eigenvalue weighted by molar-refractivity contribution is 1.53. The molecule has 0 amide bonds. The van der Waals surface area contributed by atoms with Crippen LogP contribution in [-0.2, 0) is 0 Å². The molecule has 0 aliphatic carbocycles. The van der Waals surface area contributed by atoms with Crippen molar-refractivity contribution in [3.8, 4) is 0 Å². The zero-order chi connectivity index (χ0) is 11.1. The fourth-order valence-electron chi connectivity index (χ4n) is 1.27. The van der Waals surface area contributed by atoms with Gasteiger partial charge in [-0.25, -0.2) is 0 Å². The normalized spacial score (nSPS) is 11.2. The van der Waals surface area contributed by atoms with Crippen LogP contribution in [0.15, 0.2) is 70.6 Å². The van der Waals surface area contributed by atoms with Crippen molar-refractivity contribution in [2.45, 2.75) is 0 Å². The fourth-order valence-corrected chi connectivity index (χ4v) is 1.27. The van der Waals surface area contributed by atoms with Gasteiger partial charge in [0.25, 0.3) is 0 Å². The van der Waals surface area contributed by atoms with Crippen LogP contribution in [0.1, 0.15) is 0 Å². The van der Waals surface area contributed by atoms with Crippen molar-refractivity contribution in [1.29, 1.82) is 0 Å². The van der Waals surface area contributed by atoms with E-state index in [1.165, 1.54) is 0 Å². The van der Waals surface area contributed by atoms with E-state index in [9.17, 15) is 0 Å². The molecule has 0 saturated heterocycles. The molecule has 0 saturated carbocycles. The molecule has 0 atom stereocenters. The highest BCUT2D eigenvalue weighted by atomic mass is 14.8. The van der Waals surface area contributed by atoms with Crippen LogP contribution >= 0.6 is 0 Å². The van der Waals surface area contributed by atoms with Gasteiger partial charge in [-0.05, 0) is 24.3 Å². The summed E-state index contributed by atoms with van der Waals surface area (Å²) in [5, 5.41) is 0. The molecular weight excluding hydrogens is 196 g/mol. The van der Waals surface area contributed by atoms with E-state index in [2.05, 4.69) is 9.98 Å². The first-order chi connectivity index (χ1) is 7.95. The Bertz CT molecular complexity index is 425. The third-order valence-corrected chi connectivity index (χ3v) is 2.03. The Balaban J connectivity index is 1.98. The highest BCUT2D eigenvalue weighted by Gasteiger charge is 1.82. The highest BCUT2D eigenvalue weighted by Crippen LogP contribution is 2.09. The molecule has 0 aliphatic rings. The predicted molar refractivity (Wildman–Crippen MR) is 69.2 cm³/mol. The number of benzene rings is 2. The summed E-state index contributed by atoms with van der Waals surface area (Å²) in [6, 6.07) is 19.6. The number of hydrogen-bond acceptors (Lipinski definition) is 2. The Morgan fingerprint density at radius 1 is 0.562 bits per heavy atom. The first kappa shape index (κ1) is 10.3. The Morgan fingerprint density at radius 2 is 0.938 bits per heavy atom. The van der Waals surface area contributed by atoms with E-state index < -0.39 is 0 Å². The average molecular weight is 208 g/mol. The van der Waals surface area contributed by atoms with Gasteiger partial charge in [-0.1, -0.05) is 36.4 Å². The number of hydrogen-bond donors (Lipinski definition) is 0. The largest absolute Gasteiger partial charge is 0.255 e. The summed E-state index contributed by atoms with van der Waals surface area (Å²) < 4.78 is 0. The Kier molecular flexibility index (Phi) is 3.61. The first-order valence-electron chi connectivity index (χ1n) is 5.12. The van der Waals surface area contributed by atoms with E-state index in [-0.39, 0.29) is 0 Å². The van der Waals surface area contributed by atoms with Gasteiger partial charge < -0.3 is 0 Å². The van der Waals surface area contributed by atoms with Crippen LogP contribution in [0.3, 0.4) is 0 Å². The number of para-hydroxylation sites is 2. The molecule has 0 aromatic heterocycles. The molecule has 0 unspecified atom stereocenters. The standard InChI is InChI=1S/C14H12N2/c1-3-7-13(8-4-1)15-11-12-16-14-9-5-2-6-10-14/h1-12H/b15-11+,16-12+. The van der Waals surface area contributed by atoms with Gasteiger partial charge in [0.15, 0.2) is 0 Å². The Labute approximate surface area is 95.0 Å². The minimum atomic E-state index is 0.932. The van der Waals surface area contributed by atoms with Gasteiger partial charge in [0.05, 0.1) is 11.4 Å². The molecule has 0 fully saturated rings. The Morgan fingerprint density at radius 3 is 1.31 bits per heavy atom. The van der Waals surface area contributed by atoms with E-state index in [1.807, 2.05) is 60.7 Å². The van der Waals surface area contributed by atoms with Crippen molar-refractivity contribution in [1.82, 2.24) is 0 Å². The minimum absolute atomic E-state index is 0.932. The number of rotatable bonds is 3. The smallest absolute Gasteiger partial charge is 0.0630 e. The average Bonchev–Trinajstić information content (AvgIpc) is 2.37. The van der Waals surface area contributed by atoms with Crippen LogP contribution in [0.5, 0.6) is 0 Å². The van der Waals surface area contributed by atoms with Gasteiger partial charge in [-0.3, -0.25) is 9.98 Å². The summed E-state index contributed by atoms with van der Waals surface area (Å²) in [6.45, 7) is 0. The first-order valence-corrected chi connectivity index (χ1v) is 5.12. The molecule has 78 valence electrons. The molecule has 2 aromatic carbocycles. The molecule has 2 nitrogen and oxygen atoms in total. The quantitative estimate of drug-likeness (QED) is 0.685. The lowest BCUT2D eigenvalue weighted by Crippen LogP contribution is -1.74. The lowest BCUT2D eigenvalue weighted by Gasteiger charge is -1.90. The molecule has 0 aliphatic heterocycles. The van der Waals surface area contributed by atoms with Crippen molar-refractivity contribution in [3.63, 3.8) is 0 Å². The summed E-state index contributed by atoms with van der Waals surface area (Å²) in [7, 11) is 0. The van der Waals surface area contributed by atoms with E-state index in [4.69, 9.17) is 0 Å². The van der Waals surface area contributed by atoms with Crippen molar-refractivity contribution in [3.05, 3.63) is 60.7 Å². The van der Waals surface area contributed by atoms with Gasteiger partial charge in [-0.15, -0.1) is 0 Å². The highest BCUT2D eigenvalue weighted by molar-refractivity contribution is 6.17. The maximum absolute atomic E-state index is 4.25. The van der Waals surface area contributed by atoms with Crippen LogP contribution in [-0.4, -0.2) is 12.4 Å². The van der Waals surface area contributed by atoms with E-state index in [0.717, 1.165) is 11.4 Å². The van der Waals surface area contributed by atoms with Crippen LogP contribution in [0, 0.1) is 0 Å². The van der Waals surface area contributed by atoms with Crippen molar-refractivity contribution in [2.75, 3.05) is 0 Å². The number of aliphatic imine (C=N–C) groups is 2. The van der Waals surface area contributed by atoms with Gasteiger partial charge in [0.1, 0.15) is 0 Å². The maximum atomic E-state index is 4.25. The van der Waals surface area contributed by atoms with Crippen LogP contribution in [0.25, 0.3) is 0 Å². The zero-order valence-electron chi connectivity index (χ0n) is 8.82. The molecule has 2 aromatic rings. The van der Waals surface area contributed by atoms with E-state index in [0.29, 0.717) is 0 Å². The van der Waals surface area contributed by atoms with Crippen LogP contribution in [0.4, 0.5) is 11.4 Å². The fraction of sp³-hybridized carbons (Fsp3) is 0. The molecule has 0 bridgehead atoms. The lowest BCUT2D eigenvalue weighted by atomic mass is 10.3. The Hall–Kier alpha value is -2.22. The second kappa shape index (κ2) is 5.61. The van der Waals surface area contributed by atoms with Crippen LogP contribution in [0.2, 0.25) is 0 Å². The van der Waals surface area contributed by atoms with E-state index >= 15 is 0 Å². The molecular formula is C14H12N2. The molecule has 0 radical (unpaired) electrons. The summed E-state index contributed by atoms with van der Waals surface area (Å²) in [6.07, 6.45) is 3.39. The maximum Gasteiger partial charge on any atom is 0.0630 e. The topological polar surface area (TPSA) is 24.7 Å². The van der Waals surface area contributed by atoms with Gasteiger partial charge >= 0.3 is 0 Å². The van der Waals surface area contributed by atoms with Gasteiger partial charge in [0.2, 0.25) is 0 Å². The SMILES string of the molecule is C(/C=N/c1ccccc1)=N\c1ccccc1. The third-order valence-electron chi connectivity index (χ3n) is 2.03. The van der Waals surface area contributed by atoms with Crippen molar-refractivity contribution in [2.24, 2.45) is 9.98 Å². The summed E-state index contributed by atoms with van der Waals surface area (Å²) in [5.41, 5.74) is 1.86. The second-order valence-electron chi connectivity index (χ2n) is 3.23. The van der Waals surface area contributed by atoms with E-state index in [1.54, 1.807) is 12.4 Å². The molecule has 0 heterocycles.